The highest BCUT2D eigenvalue weighted by Crippen LogP contribution is 2.25. The zero-order chi connectivity index (χ0) is 14.1. The molecule has 0 unspecified atom stereocenters. The van der Waals surface area contributed by atoms with Crippen LogP contribution >= 0.6 is 0 Å². The van der Waals surface area contributed by atoms with Crippen molar-refractivity contribution in [2.24, 2.45) is 0 Å². The number of carbonyl (C=O) groups is 1. The van der Waals surface area contributed by atoms with Gasteiger partial charge in [-0.05, 0) is 19.1 Å². The molecule has 0 saturated heterocycles. The number of pyridine rings is 1. The van der Waals surface area contributed by atoms with Crippen molar-refractivity contribution in [2.45, 2.75) is 6.92 Å². The minimum Gasteiger partial charge on any atom is -0.296 e. The van der Waals surface area contributed by atoms with E-state index in [2.05, 4.69) is 11.1 Å². The van der Waals surface area contributed by atoms with E-state index >= 15 is 0 Å². The highest BCUT2D eigenvalue weighted by Gasteiger charge is 2.15. The standard InChI is InChI=1S/C16H11N3O/c1-11-13(9-17)7-8-15-18-16(14(10-20)19(11)15)12-5-3-2-4-6-12/h2-8,10H,1H3. The molecule has 0 atom stereocenters. The smallest absolute Gasteiger partial charge is 0.169 e. The van der Waals surface area contributed by atoms with Gasteiger partial charge in [-0.1, -0.05) is 30.3 Å². The van der Waals surface area contributed by atoms with Crippen molar-refractivity contribution < 1.29 is 4.79 Å². The second-order valence-electron chi connectivity index (χ2n) is 4.47. The molecular formula is C16H11N3O. The Hall–Kier alpha value is -2.93. The summed E-state index contributed by atoms with van der Waals surface area (Å²) in [5.41, 5.74) is 3.93. The first-order valence-electron chi connectivity index (χ1n) is 6.19. The SMILES string of the molecule is Cc1c(C#N)ccc2nc(-c3ccccc3)c(C=O)n12. The molecule has 3 rings (SSSR count). The molecule has 0 N–H and O–H groups in total. The molecule has 2 heterocycles. The Balaban J connectivity index is 2.39. The summed E-state index contributed by atoms with van der Waals surface area (Å²) in [6.45, 7) is 1.81. The van der Waals surface area contributed by atoms with E-state index in [4.69, 9.17) is 5.26 Å². The molecule has 1 aromatic carbocycles. The van der Waals surface area contributed by atoms with Crippen molar-refractivity contribution in [3.8, 4) is 17.3 Å². The highest BCUT2D eigenvalue weighted by molar-refractivity contribution is 5.86. The van der Waals surface area contributed by atoms with Gasteiger partial charge in [0.15, 0.2) is 6.29 Å². The van der Waals surface area contributed by atoms with Gasteiger partial charge >= 0.3 is 0 Å². The molecule has 0 aliphatic rings. The minimum absolute atomic E-state index is 0.473. The van der Waals surface area contributed by atoms with Gasteiger partial charge in [-0.15, -0.1) is 0 Å². The predicted molar refractivity (Wildman–Crippen MR) is 75.5 cm³/mol. The van der Waals surface area contributed by atoms with Crippen LogP contribution in [-0.4, -0.2) is 15.7 Å². The second-order valence-corrected chi connectivity index (χ2v) is 4.47. The summed E-state index contributed by atoms with van der Waals surface area (Å²) in [7, 11) is 0. The topological polar surface area (TPSA) is 58.2 Å². The molecule has 0 bridgehead atoms. The summed E-state index contributed by atoms with van der Waals surface area (Å²) in [6.07, 6.45) is 0.788. The third kappa shape index (κ3) is 1.69. The van der Waals surface area contributed by atoms with Gasteiger partial charge in [0, 0.05) is 11.3 Å². The number of fused-ring (bicyclic) bond motifs is 1. The van der Waals surface area contributed by atoms with Crippen LogP contribution in [0, 0.1) is 18.3 Å². The number of rotatable bonds is 2. The fourth-order valence-electron chi connectivity index (χ4n) is 2.35. The Kier molecular flexibility index (Phi) is 2.81. The number of nitrogens with zero attached hydrogens (tertiary/aromatic N) is 3. The Morgan fingerprint density at radius 3 is 2.60 bits per heavy atom. The van der Waals surface area contributed by atoms with Gasteiger partial charge in [-0.3, -0.25) is 9.20 Å². The molecule has 2 aromatic heterocycles. The van der Waals surface area contributed by atoms with Crippen LogP contribution in [0.25, 0.3) is 16.9 Å². The first-order chi connectivity index (χ1) is 9.76. The van der Waals surface area contributed by atoms with Crippen LogP contribution in [0.15, 0.2) is 42.5 Å². The Morgan fingerprint density at radius 2 is 1.95 bits per heavy atom. The van der Waals surface area contributed by atoms with Crippen LogP contribution in [-0.2, 0) is 0 Å². The molecule has 0 spiro atoms. The van der Waals surface area contributed by atoms with Crippen LogP contribution < -0.4 is 0 Å². The highest BCUT2D eigenvalue weighted by atomic mass is 16.1. The number of nitriles is 1. The molecule has 0 saturated carbocycles. The zero-order valence-corrected chi connectivity index (χ0v) is 10.9. The maximum Gasteiger partial charge on any atom is 0.169 e. The van der Waals surface area contributed by atoms with Crippen molar-refractivity contribution in [3.05, 3.63) is 59.4 Å². The molecule has 0 aliphatic carbocycles. The summed E-state index contributed by atoms with van der Waals surface area (Å²) >= 11 is 0. The van der Waals surface area contributed by atoms with E-state index < -0.39 is 0 Å². The Morgan fingerprint density at radius 1 is 1.20 bits per heavy atom. The average Bonchev–Trinajstić information content (AvgIpc) is 2.88. The summed E-state index contributed by atoms with van der Waals surface area (Å²) in [4.78, 5) is 16.0. The third-order valence-corrected chi connectivity index (χ3v) is 3.34. The molecule has 0 fully saturated rings. The fourth-order valence-corrected chi connectivity index (χ4v) is 2.35. The van der Waals surface area contributed by atoms with Crippen LogP contribution in [0.4, 0.5) is 0 Å². The molecule has 0 amide bonds. The van der Waals surface area contributed by atoms with E-state index in [1.54, 1.807) is 16.5 Å². The lowest BCUT2D eigenvalue weighted by atomic mass is 10.1. The molecule has 4 heteroatoms. The Labute approximate surface area is 115 Å². The lowest BCUT2D eigenvalue weighted by molar-refractivity contribution is 0.111. The number of imidazole rings is 1. The van der Waals surface area contributed by atoms with Crippen molar-refractivity contribution in [1.82, 2.24) is 9.38 Å². The van der Waals surface area contributed by atoms with Crippen molar-refractivity contribution in [1.29, 1.82) is 5.26 Å². The van der Waals surface area contributed by atoms with Crippen molar-refractivity contribution in [2.75, 3.05) is 0 Å². The normalized spacial score (nSPS) is 10.4. The first-order valence-corrected chi connectivity index (χ1v) is 6.19. The van der Waals surface area contributed by atoms with E-state index in [-0.39, 0.29) is 0 Å². The first kappa shape index (κ1) is 12.1. The van der Waals surface area contributed by atoms with E-state index in [0.29, 0.717) is 22.6 Å². The maximum atomic E-state index is 11.5. The molecule has 0 radical (unpaired) electrons. The minimum atomic E-state index is 0.473. The summed E-state index contributed by atoms with van der Waals surface area (Å²) in [5.74, 6) is 0. The van der Waals surface area contributed by atoms with E-state index in [1.165, 1.54) is 0 Å². The Bertz CT molecular complexity index is 842. The number of carbonyl (C=O) groups excluding carboxylic acids is 1. The largest absolute Gasteiger partial charge is 0.296 e. The quantitative estimate of drug-likeness (QED) is 0.666. The van der Waals surface area contributed by atoms with Crippen LogP contribution in [0.2, 0.25) is 0 Å². The number of hydrogen-bond donors (Lipinski definition) is 0. The van der Waals surface area contributed by atoms with Crippen molar-refractivity contribution in [3.63, 3.8) is 0 Å². The maximum absolute atomic E-state index is 11.5. The zero-order valence-electron chi connectivity index (χ0n) is 10.9. The predicted octanol–water partition coefficient (Wildman–Crippen LogP) is 2.99. The number of hydrogen-bond acceptors (Lipinski definition) is 3. The summed E-state index contributed by atoms with van der Waals surface area (Å²) < 4.78 is 1.73. The third-order valence-electron chi connectivity index (χ3n) is 3.34. The van der Waals surface area contributed by atoms with Crippen molar-refractivity contribution >= 4 is 11.9 Å². The van der Waals surface area contributed by atoms with E-state index in [0.717, 1.165) is 17.5 Å². The number of benzene rings is 1. The lowest BCUT2D eigenvalue weighted by Crippen LogP contribution is -1.99. The molecular weight excluding hydrogens is 250 g/mol. The summed E-state index contributed by atoms with van der Waals surface area (Å²) in [5, 5.41) is 9.09. The number of aryl methyl sites for hydroxylation is 1. The van der Waals surface area contributed by atoms with Gasteiger partial charge in [-0.2, -0.15) is 5.26 Å². The fraction of sp³-hybridized carbons (Fsp3) is 0.0625. The van der Waals surface area contributed by atoms with Crippen LogP contribution in [0.5, 0.6) is 0 Å². The van der Waals surface area contributed by atoms with E-state index in [9.17, 15) is 4.79 Å². The van der Waals surface area contributed by atoms with Crippen LogP contribution in [0.1, 0.15) is 21.7 Å². The molecule has 96 valence electrons. The van der Waals surface area contributed by atoms with E-state index in [1.807, 2.05) is 37.3 Å². The summed E-state index contributed by atoms with van der Waals surface area (Å²) in [6, 6.07) is 15.1. The monoisotopic (exact) mass is 261 g/mol. The van der Waals surface area contributed by atoms with Crippen LogP contribution in [0.3, 0.4) is 0 Å². The van der Waals surface area contributed by atoms with Gasteiger partial charge in [0.1, 0.15) is 23.1 Å². The second kappa shape index (κ2) is 4.63. The molecule has 4 nitrogen and oxygen atoms in total. The number of aldehydes is 1. The van der Waals surface area contributed by atoms with Gasteiger partial charge in [-0.25, -0.2) is 4.98 Å². The van der Waals surface area contributed by atoms with Gasteiger partial charge in [0.25, 0.3) is 0 Å². The molecule has 20 heavy (non-hydrogen) atoms. The van der Waals surface area contributed by atoms with Gasteiger partial charge < -0.3 is 0 Å². The average molecular weight is 261 g/mol. The molecule has 3 aromatic rings. The number of aromatic nitrogens is 2. The lowest BCUT2D eigenvalue weighted by Gasteiger charge is -2.03. The molecule has 0 aliphatic heterocycles. The van der Waals surface area contributed by atoms with Gasteiger partial charge in [0.05, 0.1) is 5.56 Å². The van der Waals surface area contributed by atoms with Gasteiger partial charge in [0.2, 0.25) is 0 Å².